The predicted octanol–water partition coefficient (Wildman–Crippen LogP) is 4.12. The number of hydrogen-bond acceptors (Lipinski definition) is 3. The Hall–Kier alpha value is -1.64. The second kappa shape index (κ2) is 10.4. The quantitative estimate of drug-likeness (QED) is 0.387. The minimum Gasteiger partial charge on any atom is -0.359 e. The maximum Gasteiger partial charge on any atom is 0.191 e. The van der Waals surface area contributed by atoms with Gasteiger partial charge in [0.25, 0.3) is 0 Å². The van der Waals surface area contributed by atoms with Crippen molar-refractivity contribution < 1.29 is 8.91 Å². The molecule has 0 aliphatic heterocycles. The van der Waals surface area contributed by atoms with Crippen molar-refractivity contribution in [3.05, 3.63) is 52.7 Å². The van der Waals surface area contributed by atoms with Crippen LogP contribution in [0.5, 0.6) is 0 Å². The molecular weight excluding hydrogens is 434 g/mol. The Labute approximate surface area is 165 Å². The van der Waals surface area contributed by atoms with Crippen LogP contribution < -0.4 is 10.6 Å². The number of nitrogens with one attached hydrogen (secondary N) is 2. The van der Waals surface area contributed by atoms with Gasteiger partial charge < -0.3 is 15.2 Å². The van der Waals surface area contributed by atoms with E-state index in [4.69, 9.17) is 4.52 Å². The average molecular weight is 460 g/mol. The summed E-state index contributed by atoms with van der Waals surface area (Å²) >= 11 is 0. The lowest BCUT2D eigenvalue weighted by atomic mass is 10.1. The first-order valence-corrected chi connectivity index (χ1v) is 8.22. The smallest absolute Gasteiger partial charge is 0.191 e. The summed E-state index contributed by atoms with van der Waals surface area (Å²) in [7, 11) is 0. The SMILES string of the molecule is CCNC(=NCc1ccc(C)c(F)c1)NCc1cc(C(C)C)no1.I. The van der Waals surface area contributed by atoms with Crippen LogP contribution in [-0.4, -0.2) is 17.7 Å². The van der Waals surface area contributed by atoms with E-state index in [9.17, 15) is 4.39 Å². The van der Waals surface area contributed by atoms with Gasteiger partial charge in [0.1, 0.15) is 5.82 Å². The zero-order valence-electron chi connectivity index (χ0n) is 15.1. The van der Waals surface area contributed by atoms with Crippen molar-refractivity contribution in [2.24, 2.45) is 4.99 Å². The van der Waals surface area contributed by atoms with E-state index in [0.29, 0.717) is 30.5 Å². The van der Waals surface area contributed by atoms with E-state index in [-0.39, 0.29) is 29.8 Å². The van der Waals surface area contributed by atoms with Crippen molar-refractivity contribution >= 4 is 29.9 Å². The molecule has 0 aliphatic carbocycles. The van der Waals surface area contributed by atoms with Gasteiger partial charge in [0.05, 0.1) is 18.8 Å². The van der Waals surface area contributed by atoms with Crippen molar-refractivity contribution in [3.8, 4) is 0 Å². The Balaban J connectivity index is 0.00000312. The van der Waals surface area contributed by atoms with Crippen molar-refractivity contribution in [2.75, 3.05) is 6.54 Å². The zero-order valence-corrected chi connectivity index (χ0v) is 17.4. The maximum absolute atomic E-state index is 13.6. The summed E-state index contributed by atoms with van der Waals surface area (Å²) in [6.45, 7) is 9.52. The van der Waals surface area contributed by atoms with Crippen molar-refractivity contribution in [1.82, 2.24) is 15.8 Å². The Morgan fingerprint density at radius 3 is 2.64 bits per heavy atom. The normalized spacial score (nSPS) is 11.4. The molecular formula is C18H26FIN4O. The van der Waals surface area contributed by atoms with Crippen LogP contribution >= 0.6 is 24.0 Å². The number of rotatable bonds is 6. The van der Waals surface area contributed by atoms with Gasteiger partial charge in [-0.2, -0.15) is 0 Å². The molecule has 0 bridgehead atoms. The number of hydrogen-bond donors (Lipinski definition) is 2. The Kier molecular flexibility index (Phi) is 8.88. The van der Waals surface area contributed by atoms with Gasteiger partial charge in [-0.3, -0.25) is 0 Å². The zero-order chi connectivity index (χ0) is 17.5. The van der Waals surface area contributed by atoms with E-state index in [1.807, 2.05) is 19.1 Å². The first-order valence-electron chi connectivity index (χ1n) is 8.22. The molecule has 0 atom stereocenters. The van der Waals surface area contributed by atoms with E-state index >= 15 is 0 Å². The summed E-state index contributed by atoms with van der Waals surface area (Å²) in [4.78, 5) is 4.48. The molecule has 1 heterocycles. The fourth-order valence-electron chi connectivity index (χ4n) is 2.10. The maximum atomic E-state index is 13.6. The van der Waals surface area contributed by atoms with E-state index in [1.54, 1.807) is 13.0 Å². The van der Waals surface area contributed by atoms with Gasteiger partial charge in [-0.1, -0.05) is 31.1 Å². The molecule has 2 N–H and O–H groups in total. The molecule has 5 nitrogen and oxygen atoms in total. The summed E-state index contributed by atoms with van der Waals surface area (Å²) in [6.07, 6.45) is 0. The van der Waals surface area contributed by atoms with Crippen LogP contribution in [0.4, 0.5) is 4.39 Å². The number of benzene rings is 1. The Morgan fingerprint density at radius 2 is 2.04 bits per heavy atom. The van der Waals surface area contributed by atoms with Gasteiger partial charge in [0.2, 0.25) is 0 Å². The highest BCUT2D eigenvalue weighted by atomic mass is 127. The molecule has 2 rings (SSSR count). The van der Waals surface area contributed by atoms with E-state index in [0.717, 1.165) is 23.6 Å². The molecule has 0 spiro atoms. The molecule has 2 aromatic rings. The first-order chi connectivity index (χ1) is 11.5. The van der Waals surface area contributed by atoms with Crippen LogP contribution in [0.2, 0.25) is 0 Å². The second-order valence-electron chi connectivity index (χ2n) is 6.01. The number of nitrogens with zero attached hydrogens (tertiary/aromatic N) is 2. The highest BCUT2D eigenvalue weighted by molar-refractivity contribution is 14.0. The lowest BCUT2D eigenvalue weighted by Crippen LogP contribution is -2.36. The van der Waals surface area contributed by atoms with E-state index in [1.165, 1.54) is 6.07 Å². The van der Waals surface area contributed by atoms with Crippen molar-refractivity contribution in [2.45, 2.75) is 46.7 Å². The summed E-state index contributed by atoms with van der Waals surface area (Å²) in [6, 6.07) is 7.11. The number of aryl methyl sites for hydroxylation is 1. The van der Waals surface area contributed by atoms with Crippen LogP contribution in [0, 0.1) is 12.7 Å². The summed E-state index contributed by atoms with van der Waals surface area (Å²) in [5.41, 5.74) is 2.40. The van der Waals surface area contributed by atoms with Crippen LogP contribution in [-0.2, 0) is 13.1 Å². The molecule has 7 heteroatoms. The van der Waals surface area contributed by atoms with E-state index < -0.39 is 0 Å². The van der Waals surface area contributed by atoms with Gasteiger partial charge in [0.15, 0.2) is 11.7 Å². The van der Waals surface area contributed by atoms with Crippen molar-refractivity contribution in [3.63, 3.8) is 0 Å². The molecule has 0 saturated heterocycles. The summed E-state index contributed by atoms with van der Waals surface area (Å²) in [5, 5.41) is 10.4. The number of guanidine groups is 1. The second-order valence-corrected chi connectivity index (χ2v) is 6.01. The van der Waals surface area contributed by atoms with Crippen molar-refractivity contribution in [1.29, 1.82) is 0 Å². The standard InChI is InChI=1S/C18H25FN4O.HI/c1-5-20-18(21-10-14-7-6-13(4)16(19)8-14)22-11-15-9-17(12(2)3)23-24-15;/h6-9,12H,5,10-11H2,1-4H3,(H2,20,21,22);1H. The minimum absolute atomic E-state index is 0. The number of halogens is 2. The Morgan fingerprint density at radius 1 is 1.28 bits per heavy atom. The summed E-state index contributed by atoms with van der Waals surface area (Å²) < 4.78 is 18.9. The van der Waals surface area contributed by atoms with E-state index in [2.05, 4.69) is 34.6 Å². The number of aromatic nitrogens is 1. The van der Waals surface area contributed by atoms with Crippen LogP contribution in [0.15, 0.2) is 33.8 Å². The predicted molar refractivity (Wildman–Crippen MR) is 109 cm³/mol. The topological polar surface area (TPSA) is 62.5 Å². The highest BCUT2D eigenvalue weighted by Crippen LogP contribution is 2.14. The largest absolute Gasteiger partial charge is 0.359 e. The van der Waals surface area contributed by atoms with Gasteiger partial charge in [-0.15, -0.1) is 24.0 Å². The van der Waals surface area contributed by atoms with Crippen LogP contribution in [0.1, 0.15) is 49.3 Å². The molecule has 0 fully saturated rings. The minimum atomic E-state index is -0.205. The third-order valence-corrected chi connectivity index (χ3v) is 3.60. The fraction of sp³-hybridized carbons (Fsp3) is 0.444. The summed E-state index contributed by atoms with van der Waals surface area (Å²) in [5.74, 6) is 1.54. The molecule has 1 aromatic heterocycles. The molecule has 0 aliphatic rings. The van der Waals surface area contributed by atoms with Gasteiger partial charge in [-0.05, 0) is 37.0 Å². The van der Waals surface area contributed by atoms with Gasteiger partial charge in [-0.25, -0.2) is 9.38 Å². The first kappa shape index (κ1) is 21.4. The molecule has 0 amide bonds. The molecule has 138 valence electrons. The molecule has 0 saturated carbocycles. The molecule has 0 radical (unpaired) electrons. The van der Waals surface area contributed by atoms with Crippen LogP contribution in [0.25, 0.3) is 0 Å². The Bertz CT molecular complexity index is 700. The third-order valence-electron chi connectivity index (χ3n) is 3.60. The third kappa shape index (κ3) is 6.64. The highest BCUT2D eigenvalue weighted by Gasteiger charge is 2.08. The number of aliphatic imine (C=N–C) groups is 1. The molecule has 0 unspecified atom stereocenters. The molecule has 1 aromatic carbocycles. The average Bonchev–Trinajstić information content (AvgIpc) is 3.02. The molecule has 25 heavy (non-hydrogen) atoms. The lowest BCUT2D eigenvalue weighted by molar-refractivity contribution is 0.372. The fourth-order valence-corrected chi connectivity index (χ4v) is 2.10. The van der Waals surface area contributed by atoms with Gasteiger partial charge in [0, 0.05) is 12.6 Å². The van der Waals surface area contributed by atoms with Gasteiger partial charge >= 0.3 is 0 Å². The lowest BCUT2D eigenvalue weighted by Gasteiger charge is -2.10. The van der Waals surface area contributed by atoms with Crippen LogP contribution in [0.3, 0.4) is 0 Å². The monoisotopic (exact) mass is 460 g/mol.